The summed E-state index contributed by atoms with van der Waals surface area (Å²) in [4.78, 5) is 21.2. The molecule has 0 spiro atoms. The van der Waals surface area contributed by atoms with Crippen molar-refractivity contribution in [2.75, 3.05) is 13.2 Å². The van der Waals surface area contributed by atoms with E-state index >= 15 is 0 Å². The van der Waals surface area contributed by atoms with Crippen molar-refractivity contribution >= 4 is 11.9 Å². The molecule has 6 heteroatoms. The summed E-state index contributed by atoms with van der Waals surface area (Å²) in [6.07, 6.45) is -0.424. The largest absolute Gasteiger partial charge is 0.481 e. The molecular weight excluding hydrogens is 192 g/mol. The van der Waals surface area contributed by atoms with Crippen molar-refractivity contribution in [1.29, 1.82) is 0 Å². The van der Waals surface area contributed by atoms with Gasteiger partial charge in [-0.15, -0.1) is 0 Å². The fourth-order valence-electron chi connectivity index (χ4n) is 1.54. The predicted molar refractivity (Wildman–Crippen MR) is 43.8 cm³/mol. The monoisotopic (exact) mass is 204 g/mol. The summed E-state index contributed by atoms with van der Waals surface area (Å²) in [6, 6.07) is 0. The minimum absolute atomic E-state index is 0.0933. The van der Waals surface area contributed by atoms with E-state index < -0.39 is 29.9 Å². The first-order valence-electron chi connectivity index (χ1n) is 4.22. The topological polar surface area (TPSA) is 104 Å². The first-order valence-corrected chi connectivity index (χ1v) is 4.22. The Balaban J connectivity index is 2.79. The molecule has 6 nitrogen and oxygen atoms in total. The van der Waals surface area contributed by atoms with Gasteiger partial charge in [-0.3, -0.25) is 4.79 Å². The number of aliphatic carboxylic acids is 2. The molecule has 0 aromatic heterocycles. The Labute approximate surface area is 80.1 Å². The number of hydrogen-bond acceptors (Lipinski definition) is 4. The van der Waals surface area contributed by atoms with Crippen LogP contribution >= 0.6 is 0 Å². The molecule has 1 saturated heterocycles. The third kappa shape index (κ3) is 2.02. The first-order chi connectivity index (χ1) is 6.47. The third-order valence-corrected chi connectivity index (χ3v) is 2.40. The van der Waals surface area contributed by atoms with Crippen LogP contribution in [-0.4, -0.2) is 46.1 Å². The Kier molecular flexibility index (Phi) is 3.07. The molecule has 3 N–H and O–H groups in total. The molecule has 0 saturated carbocycles. The van der Waals surface area contributed by atoms with Gasteiger partial charge in [0, 0.05) is 12.5 Å². The molecule has 0 radical (unpaired) electrons. The SMILES string of the molecule is O=C(O)CC(O)(C(=O)O)C1CCOC1. The van der Waals surface area contributed by atoms with Crippen LogP contribution < -0.4 is 0 Å². The summed E-state index contributed by atoms with van der Waals surface area (Å²) in [5, 5.41) is 27.0. The van der Waals surface area contributed by atoms with Gasteiger partial charge in [0.25, 0.3) is 0 Å². The lowest BCUT2D eigenvalue weighted by Crippen LogP contribution is -2.48. The van der Waals surface area contributed by atoms with E-state index in [1.165, 1.54) is 0 Å². The Hall–Kier alpha value is -1.14. The molecule has 2 atom stereocenters. The van der Waals surface area contributed by atoms with E-state index in [-0.39, 0.29) is 6.61 Å². The summed E-state index contributed by atoms with van der Waals surface area (Å²) < 4.78 is 4.92. The van der Waals surface area contributed by atoms with Gasteiger partial charge in [-0.2, -0.15) is 0 Å². The molecule has 1 rings (SSSR count). The number of carbonyl (C=O) groups is 2. The fraction of sp³-hybridized carbons (Fsp3) is 0.750. The number of carboxylic acid groups (broad SMARTS) is 2. The molecule has 0 aromatic carbocycles. The number of ether oxygens (including phenoxy) is 1. The second kappa shape index (κ2) is 3.93. The van der Waals surface area contributed by atoms with Gasteiger partial charge < -0.3 is 20.1 Å². The molecule has 0 aliphatic carbocycles. The standard InChI is InChI=1S/C8H12O6/c9-6(10)3-8(13,7(11)12)5-1-2-14-4-5/h5,13H,1-4H2,(H,9,10)(H,11,12). The highest BCUT2D eigenvalue weighted by atomic mass is 16.5. The van der Waals surface area contributed by atoms with Crippen LogP contribution in [0.15, 0.2) is 0 Å². The van der Waals surface area contributed by atoms with E-state index in [0.29, 0.717) is 13.0 Å². The Bertz CT molecular complexity index is 244. The molecular formula is C8H12O6. The molecule has 1 heterocycles. The van der Waals surface area contributed by atoms with Crippen molar-refractivity contribution < 1.29 is 29.6 Å². The predicted octanol–water partition coefficient (Wildman–Crippen LogP) is -0.687. The first kappa shape index (κ1) is 10.9. The molecule has 1 aliphatic rings. The highest BCUT2D eigenvalue weighted by molar-refractivity contribution is 5.84. The molecule has 1 fully saturated rings. The summed E-state index contributed by atoms with van der Waals surface area (Å²) in [7, 11) is 0. The minimum Gasteiger partial charge on any atom is -0.481 e. The number of carboxylic acids is 2. The highest BCUT2D eigenvalue weighted by Crippen LogP contribution is 2.29. The number of rotatable bonds is 4. The van der Waals surface area contributed by atoms with Crippen molar-refractivity contribution in [3.63, 3.8) is 0 Å². The van der Waals surface area contributed by atoms with Crippen molar-refractivity contribution in [3.05, 3.63) is 0 Å². The molecule has 14 heavy (non-hydrogen) atoms. The second-order valence-electron chi connectivity index (χ2n) is 3.36. The van der Waals surface area contributed by atoms with Crippen molar-refractivity contribution in [2.24, 2.45) is 5.92 Å². The van der Waals surface area contributed by atoms with Crippen LogP contribution in [-0.2, 0) is 14.3 Å². The van der Waals surface area contributed by atoms with Crippen molar-refractivity contribution in [3.8, 4) is 0 Å². The lowest BCUT2D eigenvalue weighted by Gasteiger charge is -2.26. The van der Waals surface area contributed by atoms with E-state index in [1.807, 2.05) is 0 Å². The smallest absolute Gasteiger partial charge is 0.336 e. The molecule has 0 bridgehead atoms. The van der Waals surface area contributed by atoms with E-state index in [0.717, 1.165) is 0 Å². The van der Waals surface area contributed by atoms with Gasteiger partial charge in [-0.1, -0.05) is 0 Å². The average molecular weight is 204 g/mol. The van der Waals surface area contributed by atoms with Gasteiger partial charge >= 0.3 is 11.9 Å². The van der Waals surface area contributed by atoms with Gasteiger partial charge in [-0.05, 0) is 6.42 Å². The summed E-state index contributed by atoms with van der Waals surface area (Å²) in [5.41, 5.74) is -2.21. The van der Waals surface area contributed by atoms with Gasteiger partial charge in [0.1, 0.15) is 0 Å². The van der Waals surface area contributed by atoms with Gasteiger partial charge in [0.15, 0.2) is 5.60 Å². The molecule has 0 amide bonds. The van der Waals surface area contributed by atoms with E-state index in [4.69, 9.17) is 14.9 Å². The molecule has 2 unspecified atom stereocenters. The summed E-state index contributed by atoms with van der Waals surface area (Å²) in [5.74, 6) is -3.48. The van der Waals surface area contributed by atoms with Crippen LogP contribution in [0.25, 0.3) is 0 Å². The van der Waals surface area contributed by atoms with Crippen LogP contribution in [0.4, 0.5) is 0 Å². The van der Waals surface area contributed by atoms with Crippen molar-refractivity contribution in [2.45, 2.75) is 18.4 Å². The normalized spacial score (nSPS) is 25.6. The molecule has 1 aliphatic heterocycles. The van der Waals surface area contributed by atoms with Crippen LogP contribution in [0.1, 0.15) is 12.8 Å². The Morgan fingerprint density at radius 1 is 1.43 bits per heavy atom. The third-order valence-electron chi connectivity index (χ3n) is 2.40. The Morgan fingerprint density at radius 2 is 2.07 bits per heavy atom. The maximum Gasteiger partial charge on any atom is 0.336 e. The lowest BCUT2D eigenvalue weighted by atomic mass is 9.84. The quantitative estimate of drug-likeness (QED) is 0.560. The molecule has 80 valence electrons. The highest BCUT2D eigenvalue weighted by Gasteiger charge is 2.47. The van der Waals surface area contributed by atoms with E-state index in [1.54, 1.807) is 0 Å². The van der Waals surface area contributed by atoms with E-state index in [2.05, 4.69) is 0 Å². The Morgan fingerprint density at radius 3 is 2.43 bits per heavy atom. The number of hydrogen-bond donors (Lipinski definition) is 3. The average Bonchev–Trinajstić information content (AvgIpc) is 2.53. The minimum atomic E-state index is -2.21. The molecule has 0 aromatic rings. The fourth-order valence-corrected chi connectivity index (χ4v) is 1.54. The maximum atomic E-state index is 10.8. The van der Waals surface area contributed by atoms with Gasteiger partial charge in [-0.25, -0.2) is 4.79 Å². The van der Waals surface area contributed by atoms with Crippen LogP contribution in [0.2, 0.25) is 0 Å². The zero-order chi connectivity index (χ0) is 10.8. The van der Waals surface area contributed by atoms with E-state index in [9.17, 15) is 14.7 Å². The summed E-state index contributed by atoms with van der Waals surface area (Å²) in [6.45, 7) is 0.454. The van der Waals surface area contributed by atoms with Gasteiger partial charge in [0.05, 0.1) is 13.0 Å². The number of aliphatic hydroxyl groups is 1. The summed E-state index contributed by atoms with van der Waals surface area (Å²) >= 11 is 0. The van der Waals surface area contributed by atoms with Crippen LogP contribution in [0, 0.1) is 5.92 Å². The maximum absolute atomic E-state index is 10.8. The lowest BCUT2D eigenvalue weighted by molar-refractivity contribution is -0.171. The zero-order valence-corrected chi connectivity index (χ0v) is 7.47. The van der Waals surface area contributed by atoms with Gasteiger partial charge in [0.2, 0.25) is 0 Å². The van der Waals surface area contributed by atoms with Crippen LogP contribution in [0.3, 0.4) is 0 Å². The second-order valence-corrected chi connectivity index (χ2v) is 3.36. The van der Waals surface area contributed by atoms with Crippen molar-refractivity contribution in [1.82, 2.24) is 0 Å². The zero-order valence-electron chi connectivity index (χ0n) is 7.47. The van der Waals surface area contributed by atoms with Crippen LogP contribution in [0.5, 0.6) is 0 Å².